The highest BCUT2D eigenvalue weighted by atomic mass is 16.5. The van der Waals surface area contributed by atoms with Crippen molar-refractivity contribution in [2.45, 2.75) is 32.9 Å². The number of nitrogens with one attached hydrogen (secondary N) is 1. The fourth-order valence-corrected chi connectivity index (χ4v) is 2.23. The molecule has 0 unspecified atom stereocenters. The van der Waals surface area contributed by atoms with Gasteiger partial charge in [0.15, 0.2) is 6.61 Å². The fraction of sp³-hybridized carbons (Fsp3) is 0.350. The van der Waals surface area contributed by atoms with E-state index < -0.39 is 5.60 Å². The lowest BCUT2D eigenvalue weighted by Crippen LogP contribution is -2.28. The first kappa shape index (κ1) is 18.8. The molecule has 0 saturated carbocycles. The number of carbonyl (C=O) groups is 1. The number of carbonyl (C=O) groups excluding carboxylic acids is 1. The Hall–Kier alpha value is -2.53. The van der Waals surface area contributed by atoms with Crippen molar-refractivity contribution in [2.75, 3.05) is 13.2 Å². The number of hydrogen-bond acceptors (Lipinski definition) is 4. The topological polar surface area (TPSA) is 67.8 Å². The van der Waals surface area contributed by atoms with Crippen molar-refractivity contribution >= 4 is 5.91 Å². The number of benzene rings is 2. The van der Waals surface area contributed by atoms with Gasteiger partial charge in [0, 0.05) is 6.54 Å². The van der Waals surface area contributed by atoms with E-state index in [4.69, 9.17) is 9.47 Å². The van der Waals surface area contributed by atoms with E-state index in [2.05, 4.69) is 5.32 Å². The van der Waals surface area contributed by atoms with Crippen molar-refractivity contribution in [3.8, 4) is 11.5 Å². The van der Waals surface area contributed by atoms with Crippen LogP contribution in [0.5, 0.6) is 11.5 Å². The average molecular weight is 343 g/mol. The Balaban J connectivity index is 1.77. The van der Waals surface area contributed by atoms with E-state index in [0.717, 1.165) is 16.9 Å². The molecule has 5 heteroatoms. The summed E-state index contributed by atoms with van der Waals surface area (Å²) >= 11 is 0. The van der Waals surface area contributed by atoms with Crippen LogP contribution in [0.4, 0.5) is 0 Å². The maximum absolute atomic E-state index is 11.9. The van der Waals surface area contributed by atoms with Crippen LogP contribution in [0.1, 0.15) is 31.9 Å². The second-order valence-electron chi connectivity index (χ2n) is 6.23. The second kappa shape index (κ2) is 8.53. The minimum absolute atomic E-state index is 0.0459. The smallest absolute Gasteiger partial charge is 0.258 e. The lowest BCUT2D eigenvalue weighted by Gasteiger charge is -2.18. The van der Waals surface area contributed by atoms with Crippen molar-refractivity contribution in [3.05, 3.63) is 59.7 Å². The van der Waals surface area contributed by atoms with Gasteiger partial charge in [-0.05, 0) is 56.2 Å². The summed E-state index contributed by atoms with van der Waals surface area (Å²) < 4.78 is 10.8. The molecular weight excluding hydrogens is 318 g/mol. The maximum atomic E-state index is 11.9. The Morgan fingerprint density at radius 2 is 1.56 bits per heavy atom. The number of hydrogen-bond donors (Lipinski definition) is 2. The highest BCUT2D eigenvalue weighted by Crippen LogP contribution is 2.20. The Morgan fingerprint density at radius 3 is 2.08 bits per heavy atom. The van der Waals surface area contributed by atoms with Crippen LogP contribution >= 0.6 is 0 Å². The first-order valence-corrected chi connectivity index (χ1v) is 8.32. The van der Waals surface area contributed by atoms with Gasteiger partial charge < -0.3 is 19.9 Å². The Kier molecular flexibility index (Phi) is 6.42. The van der Waals surface area contributed by atoms with Gasteiger partial charge in [-0.2, -0.15) is 0 Å². The van der Waals surface area contributed by atoms with Crippen molar-refractivity contribution in [1.82, 2.24) is 5.32 Å². The highest BCUT2D eigenvalue weighted by molar-refractivity contribution is 5.77. The third kappa shape index (κ3) is 6.12. The van der Waals surface area contributed by atoms with Crippen LogP contribution in [0.25, 0.3) is 0 Å². The zero-order chi connectivity index (χ0) is 18.3. The zero-order valence-electron chi connectivity index (χ0n) is 14.9. The summed E-state index contributed by atoms with van der Waals surface area (Å²) in [6, 6.07) is 14.7. The molecule has 0 aliphatic heterocycles. The molecule has 0 atom stereocenters. The van der Waals surface area contributed by atoms with Crippen LogP contribution in [0.15, 0.2) is 48.5 Å². The molecule has 134 valence electrons. The molecule has 2 aromatic rings. The van der Waals surface area contributed by atoms with E-state index in [-0.39, 0.29) is 12.5 Å². The SMILES string of the molecule is CCOc1ccc(OCC(=O)NCc2ccc(C(C)(C)O)cc2)cc1. The van der Waals surface area contributed by atoms with E-state index >= 15 is 0 Å². The molecule has 1 amide bonds. The average Bonchev–Trinajstić information content (AvgIpc) is 2.59. The lowest BCUT2D eigenvalue weighted by molar-refractivity contribution is -0.123. The van der Waals surface area contributed by atoms with E-state index in [1.165, 1.54) is 0 Å². The van der Waals surface area contributed by atoms with Crippen LogP contribution in [-0.2, 0) is 16.9 Å². The van der Waals surface area contributed by atoms with E-state index in [9.17, 15) is 9.90 Å². The first-order chi connectivity index (χ1) is 11.9. The van der Waals surface area contributed by atoms with Gasteiger partial charge in [-0.3, -0.25) is 4.79 Å². The largest absolute Gasteiger partial charge is 0.494 e. The highest BCUT2D eigenvalue weighted by Gasteiger charge is 2.15. The predicted octanol–water partition coefficient (Wildman–Crippen LogP) is 3.01. The molecule has 0 aliphatic carbocycles. The molecule has 0 aliphatic rings. The van der Waals surface area contributed by atoms with Gasteiger partial charge in [0.2, 0.25) is 0 Å². The molecule has 0 bridgehead atoms. The van der Waals surface area contributed by atoms with Crippen LogP contribution in [0.2, 0.25) is 0 Å². The first-order valence-electron chi connectivity index (χ1n) is 8.32. The number of rotatable bonds is 8. The Bertz CT molecular complexity index is 672. The normalized spacial score (nSPS) is 11.0. The number of amides is 1. The second-order valence-corrected chi connectivity index (χ2v) is 6.23. The Labute approximate surface area is 148 Å². The van der Waals surface area contributed by atoms with Gasteiger partial charge in [-0.1, -0.05) is 24.3 Å². The molecule has 5 nitrogen and oxygen atoms in total. The molecule has 0 radical (unpaired) electrons. The summed E-state index contributed by atoms with van der Waals surface area (Å²) in [7, 11) is 0. The molecular formula is C20H25NO4. The van der Waals surface area contributed by atoms with Crippen molar-refractivity contribution < 1.29 is 19.4 Å². The van der Waals surface area contributed by atoms with Crippen LogP contribution in [-0.4, -0.2) is 24.2 Å². The van der Waals surface area contributed by atoms with E-state index in [1.54, 1.807) is 38.1 Å². The molecule has 2 rings (SSSR count). The minimum Gasteiger partial charge on any atom is -0.494 e. The predicted molar refractivity (Wildman–Crippen MR) is 96.6 cm³/mol. The van der Waals surface area contributed by atoms with Gasteiger partial charge in [0.25, 0.3) is 5.91 Å². The molecule has 25 heavy (non-hydrogen) atoms. The fourth-order valence-electron chi connectivity index (χ4n) is 2.23. The molecule has 0 spiro atoms. The van der Waals surface area contributed by atoms with Crippen molar-refractivity contribution in [3.63, 3.8) is 0 Å². The summed E-state index contributed by atoms with van der Waals surface area (Å²) in [5, 5.41) is 12.7. The summed E-state index contributed by atoms with van der Waals surface area (Å²) in [5.74, 6) is 1.20. The summed E-state index contributed by atoms with van der Waals surface area (Å²) in [6.07, 6.45) is 0. The minimum atomic E-state index is -0.868. The van der Waals surface area contributed by atoms with Gasteiger partial charge in [0.05, 0.1) is 12.2 Å². The molecule has 2 N–H and O–H groups in total. The summed E-state index contributed by atoms with van der Waals surface area (Å²) in [5.41, 5.74) is 0.927. The van der Waals surface area contributed by atoms with Crippen LogP contribution < -0.4 is 14.8 Å². The third-order valence-corrected chi connectivity index (χ3v) is 3.65. The lowest BCUT2D eigenvalue weighted by atomic mass is 9.97. The van der Waals surface area contributed by atoms with Crippen molar-refractivity contribution in [1.29, 1.82) is 0 Å². The van der Waals surface area contributed by atoms with Crippen LogP contribution in [0, 0.1) is 0 Å². The third-order valence-electron chi connectivity index (χ3n) is 3.65. The maximum Gasteiger partial charge on any atom is 0.258 e. The van der Waals surface area contributed by atoms with Gasteiger partial charge >= 0.3 is 0 Å². The summed E-state index contributed by atoms with van der Waals surface area (Å²) in [4.78, 5) is 11.9. The zero-order valence-corrected chi connectivity index (χ0v) is 14.9. The van der Waals surface area contributed by atoms with E-state index in [1.807, 2.05) is 31.2 Å². The number of aliphatic hydroxyl groups is 1. The number of ether oxygens (including phenoxy) is 2. The standard InChI is InChI=1S/C20H25NO4/c1-4-24-17-9-11-18(12-10-17)25-14-19(22)21-13-15-5-7-16(8-6-15)20(2,3)23/h5-12,23H,4,13-14H2,1-3H3,(H,21,22). The van der Waals surface area contributed by atoms with Gasteiger partial charge in [-0.25, -0.2) is 0 Å². The molecule has 0 fully saturated rings. The van der Waals surface area contributed by atoms with Gasteiger partial charge in [-0.15, -0.1) is 0 Å². The quantitative estimate of drug-likeness (QED) is 0.773. The molecule has 0 saturated heterocycles. The Morgan fingerprint density at radius 1 is 1.00 bits per heavy atom. The van der Waals surface area contributed by atoms with Crippen LogP contribution in [0.3, 0.4) is 0 Å². The summed E-state index contributed by atoms with van der Waals surface area (Å²) in [6.45, 7) is 6.38. The monoisotopic (exact) mass is 343 g/mol. The van der Waals surface area contributed by atoms with Gasteiger partial charge in [0.1, 0.15) is 11.5 Å². The van der Waals surface area contributed by atoms with Crippen molar-refractivity contribution in [2.24, 2.45) is 0 Å². The molecule has 0 heterocycles. The molecule has 0 aromatic heterocycles. The van der Waals surface area contributed by atoms with E-state index in [0.29, 0.717) is 18.9 Å². The molecule has 2 aromatic carbocycles.